The quantitative estimate of drug-likeness (QED) is 0.717. The molecule has 0 spiro atoms. The van der Waals surface area contributed by atoms with Gasteiger partial charge in [-0.3, -0.25) is 0 Å². The van der Waals surface area contributed by atoms with Crippen molar-refractivity contribution in [3.05, 3.63) is 12.5 Å². The van der Waals surface area contributed by atoms with Crippen LogP contribution in [0.5, 0.6) is 0 Å². The Labute approximate surface area is 89.0 Å². The number of aromatic nitrogens is 2. The highest BCUT2D eigenvalue weighted by molar-refractivity contribution is 7.91. The van der Waals surface area contributed by atoms with Crippen LogP contribution in [0.4, 0.5) is 5.82 Å². The van der Waals surface area contributed by atoms with Crippen molar-refractivity contribution >= 4 is 15.7 Å². The van der Waals surface area contributed by atoms with Crippen LogP contribution in [0.25, 0.3) is 0 Å². The van der Waals surface area contributed by atoms with Crippen molar-refractivity contribution in [1.29, 1.82) is 0 Å². The van der Waals surface area contributed by atoms with Gasteiger partial charge in [0.15, 0.2) is 9.84 Å². The molecule has 86 valence electrons. The fourth-order valence-electron chi connectivity index (χ4n) is 1.06. The molecule has 0 aliphatic heterocycles. The zero-order valence-electron chi connectivity index (χ0n) is 8.59. The third kappa shape index (κ3) is 4.30. The van der Waals surface area contributed by atoms with Crippen molar-refractivity contribution < 1.29 is 13.2 Å². The summed E-state index contributed by atoms with van der Waals surface area (Å²) in [5.41, 5.74) is 5.40. The zero-order chi connectivity index (χ0) is 11.3. The lowest BCUT2D eigenvalue weighted by atomic mass is 10.7. The molecule has 0 aliphatic carbocycles. The Balaban J connectivity index is 2.42. The van der Waals surface area contributed by atoms with Crippen molar-refractivity contribution in [3.63, 3.8) is 0 Å². The maximum absolute atomic E-state index is 11.4. The SMILES string of the molecule is COCCS(=O)(=O)CCn1cnc(N)c1. The largest absolute Gasteiger partial charge is 0.384 e. The van der Waals surface area contributed by atoms with E-state index in [1.807, 2.05) is 0 Å². The second-order valence-corrected chi connectivity index (χ2v) is 5.48. The summed E-state index contributed by atoms with van der Waals surface area (Å²) in [6.07, 6.45) is 3.12. The number of hydrogen-bond donors (Lipinski definition) is 1. The average molecular weight is 233 g/mol. The minimum absolute atomic E-state index is 0.0493. The number of anilines is 1. The molecule has 0 amide bonds. The monoisotopic (exact) mass is 233 g/mol. The third-order valence-corrected chi connectivity index (χ3v) is 3.51. The van der Waals surface area contributed by atoms with Crippen LogP contribution in [0.2, 0.25) is 0 Å². The molecule has 0 saturated heterocycles. The molecule has 0 saturated carbocycles. The molecule has 1 heterocycles. The van der Waals surface area contributed by atoms with Crippen LogP contribution >= 0.6 is 0 Å². The van der Waals surface area contributed by atoms with Crippen molar-refractivity contribution in [3.8, 4) is 0 Å². The first-order valence-electron chi connectivity index (χ1n) is 4.50. The van der Waals surface area contributed by atoms with Gasteiger partial charge < -0.3 is 15.0 Å². The molecule has 0 atom stereocenters. The van der Waals surface area contributed by atoms with Gasteiger partial charge in [-0.25, -0.2) is 13.4 Å². The molecule has 1 rings (SSSR count). The lowest BCUT2D eigenvalue weighted by Gasteiger charge is -2.03. The Hall–Kier alpha value is -1.08. The first-order chi connectivity index (χ1) is 7.03. The van der Waals surface area contributed by atoms with Crippen molar-refractivity contribution in [2.45, 2.75) is 6.54 Å². The number of hydrogen-bond acceptors (Lipinski definition) is 5. The number of sulfone groups is 1. The highest BCUT2D eigenvalue weighted by atomic mass is 32.2. The number of aryl methyl sites for hydroxylation is 1. The van der Waals surface area contributed by atoms with Crippen molar-refractivity contribution in [1.82, 2.24) is 9.55 Å². The van der Waals surface area contributed by atoms with E-state index in [1.165, 1.54) is 13.4 Å². The van der Waals surface area contributed by atoms with Crippen molar-refractivity contribution in [2.24, 2.45) is 0 Å². The van der Waals surface area contributed by atoms with Crippen LogP contribution in [0.15, 0.2) is 12.5 Å². The molecule has 6 nitrogen and oxygen atoms in total. The summed E-state index contributed by atoms with van der Waals surface area (Å²) >= 11 is 0. The summed E-state index contributed by atoms with van der Waals surface area (Å²) in [4.78, 5) is 3.80. The third-order valence-electron chi connectivity index (χ3n) is 1.91. The molecule has 2 N–H and O–H groups in total. The highest BCUT2D eigenvalue weighted by Gasteiger charge is 2.10. The van der Waals surface area contributed by atoms with E-state index in [9.17, 15) is 8.42 Å². The highest BCUT2D eigenvalue weighted by Crippen LogP contribution is 1.99. The topological polar surface area (TPSA) is 87.2 Å². The van der Waals surface area contributed by atoms with Gasteiger partial charge in [0.05, 0.1) is 24.4 Å². The lowest BCUT2D eigenvalue weighted by Crippen LogP contribution is -2.18. The molecular weight excluding hydrogens is 218 g/mol. The van der Waals surface area contributed by atoms with Crippen LogP contribution < -0.4 is 5.73 Å². The number of rotatable bonds is 6. The summed E-state index contributed by atoms with van der Waals surface area (Å²) in [7, 11) is -1.57. The van der Waals surface area contributed by atoms with Gasteiger partial charge in [-0.05, 0) is 0 Å². The number of nitrogen functional groups attached to an aromatic ring is 1. The molecule has 0 fully saturated rings. The van der Waals surface area contributed by atoms with E-state index in [0.717, 1.165) is 0 Å². The fourth-order valence-corrected chi connectivity index (χ4v) is 2.17. The second kappa shape index (κ2) is 5.13. The number of nitrogens with zero attached hydrogens (tertiary/aromatic N) is 2. The summed E-state index contributed by atoms with van der Waals surface area (Å²) in [6, 6.07) is 0. The van der Waals surface area contributed by atoms with Crippen LogP contribution in [0.1, 0.15) is 0 Å². The molecular formula is C8H15N3O3S. The Morgan fingerprint density at radius 2 is 2.27 bits per heavy atom. The van der Waals surface area contributed by atoms with Crippen molar-refractivity contribution in [2.75, 3.05) is 31.0 Å². The van der Waals surface area contributed by atoms with E-state index in [2.05, 4.69) is 4.98 Å². The van der Waals surface area contributed by atoms with Gasteiger partial charge in [0.1, 0.15) is 5.82 Å². The molecule has 1 aromatic heterocycles. The number of nitrogens with two attached hydrogens (primary N) is 1. The molecule has 7 heteroatoms. The summed E-state index contributed by atoms with van der Waals surface area (Å²) in [6.45, 7) is 0.602. The van der Waals surface area contributed by atoms with Gasteiger partial charge in [-0.15, -0.1) is 0 Å². The fraction of sp³-hybridized carbons (Fsp3) is 0.625. The van der Waals surface area contributed by atoms with E-state index >= 15 is 0 Å². The molecule has 0 aromatic carbocycles. The molecule has 15 heavy (non-hydrogen) atoms. The van der Waals surface area contributed by atoms with Crippen LogP contribution in [0.3, 0.4) is 0 Å². The van der Waals surface area contributed by atoms with Gasteiger partial charge in [0.2, 0.25) is 0 Å². The summed E-state index contributed by atoms with van der Waals surface area (Å²) in [5.74, 6) is 0.518. The van der Waals surface area contributed by atoms with E-state index in [1.54, 1.807) is 10.8 Å². The van der Waals surface area contributed by atoms with E-state index in [0.29, 0.717) is 12.4 Å². The van der Waals surface area contributed by atoms with E-state index in [4.69, 9.17) is 10.5 Å². The molecule has 1 aromatic rings. The average Bonchev–Trinajstić information content (AvgIpc) is 2.59. The standard InChI is InChI=1S/C8H15N3O3S/c1-14-3-5-15(12,13)4-2-11-6-8(9)10-7-11/h6-7H,2-5,9H2,1H3. The maximum Gasteiger partial charge on any atom is 0.154 e. The normalized spacial score (nSPS) is 11.8. The van der Waals surface area contributed by atoms with E-state index in [-0.39, 0.29) is 18.1 Å². The van der Waals surface area contributed by atoms with Gasteiger partial charge >= 0.3 is 0 Å². The maximum atomic E-state index is 11.4. The summed E-state index contributed by atoms with van der Waals surface area (Å²) in [5, 5.41) is 0. The predicted molar refractivity (Wildman–Crippen MR) is 57.2 cm³/mol. The summed E-state index contributed by atoms with van der Waals surface area (Å²) < 4.78 is 29.2. The molecule has 0 bridgehead atoms. The van der Waals surface area contributed by atoms with E-state index < -0.39 is 9.84 Å². The second-order valence-electron chi connectivity index (χ2n) is 3.18. The van der Waals surface area contributed by atoms with Gasteiger partial charge in [-0.2, -0.15) is 0 Å². The van der Waals surface area contributed by atoms with Gasteiger partial charge in [0.25, 0.3) is 0 Å². The number of methoxy groups -OCH3 is 1. The Bertz CT molecular complexity index is 399. The first-order valence-corrected chi connectivity index (χ1v) is 6.32. The number of ether oxygens (including phenoxy) is 1. The van der Waals surface area contributed by atoms with Crippen LogP contribution in [-0.2, 0) is 21.1 Å². The Morgan fingerprint density at radius 3 is 2.80 bits per heavy atom. The smallest absolute Gasteiger partial charge is 0.154 e. The molecule has 0 aliphatic rings. The zero-order valence-corrected chi connectivity index (χ0v) is 9.40. The molecule has 0 radical (unpaired) electrons. The molecule has 0 unspecified atom stereocenters. The van der Waals surface area contributed by atoms with Crippen LogP contribution in [-0.4, -0.2) is 43.2 Å². The Morgan fingerprint density at radius 1 is 1.53 bits per heavy atom. The van der Waals surface area contributed by atoms with Crippen LogP contribution in [0, 0.1) is 0 Å². The number of imidazole rings is 1. The lowest BCUT2D eigenvalue weighted by molar-refractivity contribution is 0.217. The minimum atomic E-state index is -3.05. The Kier molecular flexibility index (Phi) is 4.10. The first kappa shape index (κ1) is 12.0. The minimum Gasteiger partial charge on any atom is -0.384 e. The van der Waals surface area contributed by atoms with Gasteiger partial charge in [0, 0.05) is 19.9 Å². The predicted octanol–water partition coefficient (Wildman–Crippen LogP) is -0.473. The van der Waals surface area contributed by atoms with Gasteiger partial charge in [-0.1, -0.05) is 0 Å².